The highest BCUT2D eigenvalue weighted by Gasteiger charge is 2.33. The van der Waals surface area contributed by atoms with Crippen LogP contribution in [0.25, 0.3) is 0 Å². The van der Waals surface area contributed by atoms with Crippen LogP contribution in [0.1, 0.15) is 5.69 Å². The summed E-state index contributed by atoms with van der Waals surface area (Å²) in [6, 6.07) is 6.12. The van der Waals surface area contributed by atoms with Gasteiger partial charge in [-0.25, -0.2) is 8.42 Å². The fraction of sp³-hybridized carbons (Fsp3) is 0.308. The molecule has 126 valence electrons. The summed E-state index contributed by atoms with van der Waals surface area (Å²) in [5.74, 6) is -0.643. The minimum absolute atomic E-state index is 0.0302. The average Bonchev–Trinajstić information content (AvgIpc) is 2.86. The standard InChI is InChI=1S/C13H12ClF3N2O3S/c14-9-1-3-11(4-2-9)23(21,22)8-10(20)7-19-6-5-12(18-19)13(15,16)17/h1-6,10,20H,7-8H2/t10-/m1/s1. The van der Waals surface area contributed by atoms with Gasteiger partial charge in [0, 0.05) is 11.2 Å². The molecule has 2 aromatic rings. The summed E-state index contributed by atoms with van der Waals surface area (Å²) in [4.78, 5) is -0.0302. The Balaban J connectivity index is 2.05. The molecular formula is C13H12ClF3N2O3S. The van der Waals surface area contributed by atoms with Crippen molar-refractivity contribution in [2.75, 3.05) is 5.75 Å². The summed E-state index contributed by atoms with van der Waals surface area (Å²) in [5.41, 5.74) is -1.11. The van der Waals surface area contributed by atoms with Gasteiger partial charge in [0.05, 0.1) is 23.3 Å². The maximum absolute atomic E-state index is 12.4. The van der Waals surface area contributed by atoms with Gasteiger partial charge in [-0.3, -0.25) is 4.68 Å². The van der Waals surface area contributed by atoms with Gasteiger partial charge in [-0.1, -0.05) is 11.6 Å². The van der Waals surface area contributed by atoms with Gasteiger partial charge in [-0.15, -0.1) is 0 Å². The van der Waals surface area contributed by atoms with Crippen molar-refractivity contribution in [2.24, 2.45) is 0 Å². The van der Waals surface area contributed by atoms with Gasteiger partial charge < -0.3 is 5.11 Å². The molecule has 0 spiro atoms. The molecule has 0 radical (unpaired) electrons. The fourth-order valence-electron chi connectivity index (χ4n) is 1.87. The van der Waals surface area contributed by atoms with E-state index in [2.05, 4.69) is 5.10 Å². The second kappa shape index (κ2) is 6.50. The van der Waals surface area contributed by atoms with E-state index in [1.807, 2.05) is 0 Å². The Hall–Kier alpha value is -1.58. The van der Waals surface area contributed by atoms with E-state index in [0.29, 0.717) is 5.02 Å². The van der Waals surface area contributed by atoms with E-state index in [1.54, 1.807) is 0 Å². The molecule has 0 aliphatic rings. The van der Waals surface area contributed by atoms with Crippen molar-refractivity contribution in [1.29, 1.82) is 0 Å². The van der Waals surface area contributed by atoms with Crippen LogP contribution in [0, 0.1) is 0 Å². The topological polar surface area (TPSA) is 72.2 Å². The van der Waals surface area contributed by atoms with E-state index < -0.39 is 33.6 Å². The van der Waals surface area contributed by atoms with Crippen molar-refractivity contribution < 1.29 is 26.7 Å². The Labute approximate surface area is 135 Å². The van der Waals surface area contributed by atoms with Gasteiger partial charge in [0.1, 0.15) is 0 Å². The molecule has 5 nitrogen and oxygen atoms in total. The molecule has 1 N–H and O–H groups in total. The lowest BCUT2D eigenvalue weighted by Gasteiger charge is -2.12. The molecular weight excluding hydrogens is 357 g/mol. The molecule has 0 unspecified atom stereocenters. The van der Waals surface area contributed by atoms with Gasteiger partial charge in [0.15, 0.2) is 15.5 Å². The first kappa shape index (κ1) is 17.8. The van der Waals surface area contributed by atoms with E-state index >= 15 is 0 Å². The van der Waals surface area contributed by atoms with Crippen molar-refractivity contribution in [3.8, 4) is 0 Å². The first-order chi connectivity index (χ1) is 10.6. The number of hydrogen-bond acceptors (Lipinski definition) is 4. The van der Waals surface area contributed by atoms with Crippen LogP contribution in [-0.4, -0.2) is 35.2 Å². The zero-order valence-corrected chi connectivity index (χ0v) is 13.1. The van der Waals surface area contributed by atoms with Crippen LogP contribution in [0.3, 0.4) is 0 Å². The minimum Gasteiger partial charge on any atom is -0.390 e. The number of nitrogens with zero attached hydrogens (tertiary/aromatic N) is 2. The van der Waals surface area contributed by atoms with E-state index in [1.165, 1.54) is 24.3 Å². The molecule has 0 aliphatic carbocycles. The lowest BCUT2D eigenvalue weighted by atomic mass is 10.4. The van der Waals surface area contributed by atoms with Gasteiger partial charge in [-0.2, -0.15) is 18.3 Å². The summed E-state index contributed by atoms with van der Waals surface area (Å²) in [6.45, 7) is -0.372. The number of aromatic nitrogens is 2. The molecule has 2 rings (SSSR count). The number of aliphatic hydroxyl groups is 1. The van der Waals surface area contributed by atoms with Crippen molar-refractivity contribution in [3.05, 3.63) is 47.2 Å². The van der Waals surface area contributed by atoms with E-state index in [0.717, 1.165) is 16.9 Å². The van der Waals surface area contributed by atoms with E-state index in [9.17, 15) is 26.7 Å². The van der Waals surface area contributed by atoms with Crippen LogP contribution in [0.2, 0.25) is 5.02 Å². The number of benzene rings is 1. The normalized spacial score (nSPS) is 14.0. The molecule has 1 aromatic heterocycles. The molecule has 10 heteroatoms. The molecule has 0 saturated heterocycles. The van der Waals surface area contributed by atoms with Crippen LogP contribution in [-0.2, 0) is 22.6 Å². The molecule has 0 bridgehead atoms. The smallest absolute Gasteiger partial charge is 0.390 e. The van der Waals surface area contributed by atoms with E-state index in [-0.39, 0.29) is 11.4 Å². The molecule has 1 heterocycles. The van der Waals surface area contributed by atoms with Gasteiger partial charge in [0.2, 0.25) is 0 Å². The number of halogens is 4. The molecule has 0 fully saturated rings. The SMILES string of the molecule is O=S(=O)(C[C@H](O)Cn1ccc(C(F)(F)F)n1)c1ccc(Cl)cc1. The number of alkyl halides is 3. The van der Waals surface area contributed by atoms with Gasteiger partial charge in [-0.05, 0) is 30.3 Å². The number of sulfone groups is 1. The van der Waals surface area contributed by atoms with Crippen molar-refractivity contribution >= 4 is 21.4 Å². The lowest BCUT2D eigenvalue weighted by Crippen LogP contribution is -2.26. The van der Waals surface area contributed by atoms with Crippen LogP contribution in [0.15, 0.2) is 41.4 Å². The Morgan fingerprint density at radius 1 is 1.22 bits per heavy atom. The molecule has 23 heavy (non-hydrogen) atoms. The van der Waals surface area contributed by atoms with Crippen LogP contribution >= 0.6 is 11.6 Å². The summed E-state index contributed by atoms with van der Waals surface area (Å²) in [5, 5.41) is 13.4. The third-order valence-electron chi connectivity index (χ3n) is 2.91. The molecule has 0 aliphatic heterocycles. The van der Waals surface area contributed by atoms with Crippen LogP contribution in [0.4, 0.5) is 13.2 Å². The van der Waals surface area contributed by atoms with Crippen LogP contribution in [0.5, 0.6) is 0 Å². The Bertz CT molecular complexity index is 773. The van der Waals surface area contributed by atoms with Gasteiger partial charge >= 0.3 is 6.18 Å². The maximum atomic E-state index is 12.4. The number of aliphatic hydroxyl groups excluding tert-OH is 1. The average molecular weight is 369 g/mol. The largest absolute Gasteiger partial charge is 0.435 e. The summed E-state index contributed by atoms with van der Waals surface area (Å²) >= 11 is 5.67. The highest BCUT2D eigenvalue weighted by molar-refractivity contribution is 7.91. The Morgan fingerprint density at radius 2 is 1.83 bits per heavy atom. The molecule has 1 atom stereocenters. The molecule has 0 saturated carbocycles. The molecule has 0 amide bonds. The number of rotatable bonds is 5. The van der Waals surface area contributed by atoms with Crippen molar-refractivity contribution in [1.82, 2.24) is 9.78 Å². The van der Waals surface area contributed by atoms with E-state index in [4.69, 9.17) is 11.6 Å². The predicted octanol–water partition coefficient (Wildman–Crippen LogP) is 2.39. The summed E-state index contributed by atoms with van der Waals surface area (Å²) < 4.78 is 62.3. The zero-order valence-electron chi connectivity index (χ0n) is 11.5. The Kier molecular flexibility index (Phi) is 5.02. The maximum Gasteiger partial charge on any atom is 0.435 e. The highest BCUT2D eigenvalue weighted by atomic mass is 35.5. The third kappa shape index (κ3) is 4.69. The fourth-order valence-corrected chi connectivity index (χ4v) is 3.36. The zero-order chi connectivity index (χ0) is 17.3. The minimum atomic E-state index is -4.59. The molecule has 1 aromatic carbocycles. The van der Waals surface area contributed by atoms with Crippen LogP contribution < -0.4 is 0 Å². The Morgan fingerprint density at radius 3 is 2.35 bits per heavy atom. The summed E-state index contributed by atoms with van der Waals surface area (Å²) in [6.07, 6.45) is -4.97. The quantitative estimate of drug-likeness (QED) is 0.879. The first-order valence-corrected chi connectivity index (χ1v) is 8.38. The predicted molar refractivity (Wildman–Crippen MR) is 76.7 cm³/mol. The third-order valence-corrected chi connectivity index (χ3v) is 4.98. The second-order valence-electron chi connectivity index (χ2n) is 4.81. The monoisotopic (exact) mass is 368 g/mol. The number of hydrogen-bond donors (Lipinski definition) is 1. The first-order valence-electron chi connectivity index (χ1n) is 6.35. The van der Waals surface area contributed by atoms with Gasteiger partial charge in [0.25, 0.3) is 0 Å². The van der Waals surface area contributed by atoms with Crippen molar-refractivity contribution in [3.63, 3.8) is 0 Å². The highest BCUT2D eigenvalue weighted by Crippen LogP contribution is 2.27. The van der Waals surface area contributed by atoms with Crippen molar-refractivity contribution in [2.45, 2.75) is 23.7 Å². The lowest BCUT2D eigenvalue weighted by molar-refractivity contribution is -0.141. The summed E-state index contributed by atoms with van der Waals surface area (Å²) in [7, 11) is -3.79. The second-order valence-corrected chi connectivity index (χ2v) is 7.28.